The highest BCUT2D eigenvalue weighted by atomic mass is 35.5. The smallest absolute Gasteiger partial charge is 0.245 e. The van der Waals surface area contributed by atoms with E-state index in [1.165, 1.54) is 18.3 Å². The lowest BCUT2D eigenvalue weighted by Crippen LogP contribution is -2.45. The van der Waals surface area contributed by atoms with Crippen LogP contribution in [0.1, 0.15) is 43.2 Å². The Balaban J connectivity index is 1.41. The molecule has 1 unspecified atom stereocenters. The number of alkyl halides is 2. The molecule has 0 amide bonds. The van der Waals surface area contributed by atoms with Gasteiger partial charge in [-0.15, -0.1) is 5.53 Å². The standard InChI is InChI=1S/C28H26BClF3N7/c29-28(17-2-4-18(31)5-3-17,23-14-40(39-38-23)20-6-7-20)37-19-10-21-24(36-15-27(26(32)33)8-1-9-27)16(12-34)13-35-25(21)22(30)11-19/h2-5,10-11,13-14,20,26,37-39H,1,6-9,15H2,(H,35,36). The lowest BCUT2D eigenvalue weighted by Gasteiger charge is -2.41. The molecule has 3 aromatic rings. The summed E-state index contributed by atoms with van der Waals surface area (Å²) in [7, 11) is 7.01. The van der Waals surface area contributed by atoms with Gasteiger partial charge in [0.05, 0.1) is 32.9 Å². The fourth-order valence-corrected chi connectivity index (χ4v) is 5.56. The topological polar surface area (TPSA) is 88.0 Å². The zero-order valence-electron chi connectivity index (χ0n) is 21.4. The van der Waals surface area contributed by atoms with Crippen LogP contribution in [0.4, 0.5) is 24.5 Å². The number of pyridine rings is 1. The fraction of sp³-hybridized carbons (Fsp3) is 0.357. The van der Waals surface area contributed by atoms with Crippen molar-refractivity contribution in [3.63, 3.8) is 0 Å². The van der Waals surface area contributed by atoms with Crippen LogP contribution < -0.4 is 21.6 Å². The molecule has 2 saturated carbocycles. The van der Waals surface area contributed by atoms with E-state index < -0.39 is 23.1 Å². The predicted octanol–water partition coefficient (Wildman–Crippen LogP) is 5.51. The molecule has 1 atom stereocenters. The Morgan fingerprint density at radius 3 is 2.62 bits per heavy atom. The van der Waals surface area contributed by atoms with Crippen molar-refractivity contribution in [2.45, 2.75) is 50.0 Å². The summed E-state index contributed by atoms with van der Waals surface area (Å²) < 4.78 is 41.5. The van der Waals surface area contributed by atoms with Crippen LogP contribution in [0.5, 0.6) is 0 Å². The first-order valence-electron chi connectivity index (χ1n) is 13.1. The Morgan fingerprint density at radius 1 is 1.25 bits per heavy atom. The quantitative estimate of drug-likeness (QED) is 0.256. The van der Waals surface area contributed by atoms with Crippen LogP contribution in [0, 0.1) is 22.6 Å². The zero-order chi connectivity index (χ0) is 28.1. The van der Waals surface area contributed by atoms with Gasteiger partial charge in [-0.3, -0.25) is 9.99 Å². The summed E-state index contributed by atoms with van der Waals surface area (Å²) in [6.07, 6.45) is 4.46. The van der Waals surface area contributed by atoms with Crippen molar-refractivity contribution in [1.29, 1.82) is 5.26 Å². The van der Waals surface area contributed by atoms with E-state index in [1.54, 1.807) is 24.3 Å². The molecule has 2 fully saturated rings. The summed E-state index contributed by atoms with van der Waals surface area (Å²) in [5, 5.41) is 19.0. The van der Waals surface area contributed by atoms with Crippen molar-refractivity contribution in [1.82, 2.24) is 21.0 Å². The number of anilines is 2. The van der Waals surface area contributed by atoms with Gasteiger partial charge in [0.15, 0.2) is 0 Å². The molecule has 1 aromatic heterocycles. The number of halogens is 4. The highest BCUT2D eigenvalue weighted by Gasteiger charge is 2.45. The van der Waals surface area contributed by atoms with Crippen molar-refractivity contribution in [2.75, 3.05) is 17.2 Å². The van der Waals surface area contributed by atoms with Gasteiger partial charge >= 0.3 is 0 Å². The number of hydrogen-bond acceptors (Lipinski definition) is 7. The molecule has 12 heteroatoms. The van der Waals surface area contributed by atoms with Gasteiger partial charge in [0, 0.05) is 41.5 Å². The summed E-state index contributed by atoms with van der Waals surface area (Å²) in [4.78, 5) is 4.36. The zero-order valence-corrected chi connectivity index (χ0v) is 22.2. The molecule has 0 saturated heterocycles. The third-order valence-corrected chi connectivity index (χ3v) is 8.36. The minimum Gasteiger partial charge on any atom is -0.383 e. The molecular formula is C28H26BClF3N7. The maximum Gasteiger partial charge on any atom is 0.245 e. The summed E-state index contributed by atoms with van der Waals surface area (Å²) in [6.45, 7) is 0.0175. The van der Waals surface area contributed by atoms with Crippen LogP contribution in [0.2, 0.25) is 5.02 Å². The highest BCUT2D eigenvalue weighted by Crippen LogP contribution is 2.46. The predicted molar refractivity (Wildman–Crippen MR) is 149 cm³/mol. The van der Waals surface area contributed by atoms with Crippen molar-refractivity contribution in [3.8, 4) is 6.07 Å². The molecule has 4 N–H and O–H groups in total. The number of hydrazine groups is 2. The van der Waals surface area contributed by atoms with Gasteiger partial charge in [-0.1, -0.05) is 30.2 Å². The average molecular weight is 564 g/mol. The molecule has 1 aliphatic heterocycles. The molecule has 2 radical (unpaired) electrons. The maximum absolute atomic E-state index is 13.9. The molecule has 0 bridgehead atoms. The molecule has 0 spiro atoms. The van der Waals surface area contributed by atoms with E-state index in [-0.39, 0.29) is 17.1 Å². The first-order chi connectivity index (χ1) is 19.2. The number of nitriles is 1. The van der Waals surface area contributed by atoms with E-state index in [9.17, 15) is 18.4 Å². The normalized spacial score (nSPS) is 19.4. The second-order valence-electron chi connectivity index (χ2n) is 10.7. The van der Waals surface area contributed by atoms with Crippen molar-refractivity contribution in [3.05, 3.63) is 76.5 Å². The van der Waals surface area contributed by atoms with Crippen LogP contribution in [0.15, 0.2) is 54.5 Å². The second kappa shape index (κ2) is 10.1. The maximum atomic E-state index is 13.9. The Kier molecular flexibility index (Phi) is 6.71. The lowest BCUT2D eigenvalue weighted by atomic mass is 9.69. The van der Waals surface area contributed by atoms with Gasteiger partial charge in [-0.2, -0.15) is 5.26 Å². The van der Waals surface area contributed by atoms with E-state index in [4.69, 9.17) is 19.4 Å². The Bertz CT molecular complexity index is 1520. The monoisotopic (exact) mass is 563 g/mol. The first kappa shape index (κ1) is 26.6. The van der Waals surface area contributed by atoms with E-state index in [0.717, 1.165) is 19.3 Å². The van der Waals surface area contributed by atoms with Gasteiger partial charge < -0.3 is 16.1 Å². The van der Waals surface area contributed by atoms with Crippen LogP contribution >= 0.6 is 11.6 Å². The number of fused-ring (bicyclic) bond motifs is 1. The Labute approximate surface area is 236 Å². The Morgan fingerprint density at radius 2 is 2.00 bits per heavy atom. The molecular weight excluding hydrogens is 538 g/mol. The van der Waals surface area contributed by atoms with Gasteiger partial charge in [0.1, 0.15) is 19.7 Å². The summed E-state index contributed by atoms with van der Waals surface area (Å²) in [5.41, 5.74) is 6.44. The number of aromatic nitrogens is 1. The van der Waals surface area contributed by atoms with Gasteiger partial charge in [0.25, 0.3) is 0 Å². The minimum atomic E-state index is -2.47. The molecule has 3 aliphatic rings. The third-order valence-electron chi connectivity index (χ3n) is 8.07. The number of nitrogens with zero attached hydrogens (tertiary/aromatic N) is 3. The van der Waals surface area contributed by atoms with Crippen LogP contribution in [0.25, 0.3) is 10.9 Å². The van der Waals surface area contributed by atoms with Crippen LogP contribution in [-0.2, 0) is 5.44 Å². The molecule has 40 heavy (non-hydrogen) atoms. The average Bonchev–Trinajstić information content (AvgIpc) is 3.63. The van der Waals surface area contributed by atoms with Gasteiger partial charge in [0.2, 0.25) is 6.43 Å². The minimum absolute atomic E-state index is 0.0175. The number of hydrogen-bond donors (Lipinski definition) is 4. The van der Waals surface area contributed by atoms with E-state index >= 15 is 0 Å². The van der Waals surface area contributed by atoms with Crippen molar-refractivity contribution < 1.29 is 13.2 Å². The molecule has 2 aliphatic carbocycles. The van der Waals surface area contributed by atoms with Gasteiger partial charge in [-0.05, 0) is 55.5 Å². The first-order valence-corrected chi connectivity index (χ1v) is 13.5. The van der Waals surface area contributed by atoms with Crippen LogP contribution in [0.3, 0.4) is 0 Å². The lowest BCUT2D eigenvalue weighted by molar-refractivity contribution is -0.0500. The summed E-state index contributed by atoms with van der Waals surface area (Å²) >= 11 is 6.66. The van der Waals surface area contributed by atoms with E-state index in [2.05, 4.69) is 32.6 Å². The number of benzene rings is 2. The Hall–Kier alpha value is -3.62. The molecule has 2 aromatic carbocycles. The molecule has 2 heterocycles. The number of nitrogens with one attached hydrogen (secondary N) is 4. The van der Waals surface area contributed by atoms with Crippen LogP contribution in [-0.4, -0.2) is 36.9 Å². The van der Waals surface area contributed by atoms with Crippen molar-refractivity contribution in [2.24, 2.45) is 5.41 Å². The second-order valence-corrected chi connectivity index (χ2v) is 11.1. The van der Waals surface area contributed by atoms with E-state index in [0.29, 0.717) is 52.4 Å². The molecule has 6 rings (SSSR count). The summed E-state index contributed by atoms with van der Waals surface area (Å²) in [6, 6.07) is 11.7. The highest BCUT2D eigenvalue weighted by molar-refractivity contribution is 6.36. The van der Waals surface area contributed by atoms with E-state index in [1.807, 2.05) is 11.2 Å². The largest absolute Gasteiger partial charge is 0.383 e. The number of rotatable bonds is 9. The molecule has 204 valence electrons. The molecule has 7 nitrogen and oxygen atoms in total. The SMILES string of the molecule is [B]C(Nc1cc(Cl)c2ncc(C#N)c(NCC3(C(F)F)CCC3)c2c1)(C1=CN(C2CC2)NN1)c1ccc(F)cc1. The third kappa shape index (κ3) is 4.69. The summed E-state index contributed by atoms with van der Waals surface area (Å²) in [5.74, 6) is -0.398. The fourth-order valence-electron chi connectivity index (χ4n) is 5.29. The van der Waals surface area contributed by atoms with Gasteiger partial charge in [-0.25, -0.2) is 13.2 Å². The van der Waals surface area contributed by atoms with Crippen molar-refractivity contribution >= 4 is 41.7 Å².